The van der Waals surface area contributed by atoms with Crippen molar-refractivity contribution >= 4 is 11.6 Å². The zero-order valence-corrected chi connectivity index (χ0v) is 15.6. The van der Waals surface area contributed by atoms with Gasteiger partial charge in [0.05, 0.1) is 5.69 Å². The molecule has 0 aromatic heterocycles. The zero-order valence-electron chi connectivity index (χ0n) is 15.6. The van der Waals surface area contributed by atoms with Crippen LogP contribution in [0.5, 0.6) is 0 Å². The van der Waals surface area contributed by atoms with Gasteiger partial charge >= 0.3 is 0 Å². The summed E-state index contributed by atoms with van der Waals surface area (Å²) < 4.78 is 14.0. The van der Waals surface area contributed by atoms with E-state index in [0.29, 0.717) is 11.7 Å². The quantitative estimate of drug-likeness (QED) is 0.833. The van der Waals surface area contributed by atoms with Crippen molar-refractivity contribution in [3.05, 3.63) is 66.0 Å². The first-order valence-electron chi connectivity index (χ1n) is 9.80. The van der Waals surface area contributed by atoms with E-state index in [1.54, 1.807) is 6.07 Å². The number of likely N-dealkylation sites (tertiary alicyclic amines) is 1. The maximum Gasteiger partial charge on any atom is 0.253 e. The molecular weight excluding hydrogens is 341 g/mol. The fourth-order valence-electron chi connectivity index (χ4n) is 4.24. The normalized spacial score (nSPS) is 21.3. The monoisotopic (exact) mass is 367 g/mol. The Balaban J connectivity index is 1.36. The van der Waals surface area contributed by atoms with E-state index in [0.717, 1.165) is 57.7 Å². The van der Waals surface area contributed by atoms with Crippen molar-refractivity contribution in [2.24, 2.45) is 0 Å². The molecule has 0 spiro atoms. The third-order valence-corrected chi connectivity index (χ3v) is 5.73. The summed E-state index contributed by atoms with van der Waals surface area (Å²) in [6, 6.07) is 16.9. The number of hydrogen-bond donors (Lipinski definition) is 0. The summed E-state index contributed by atoms with van der Waals surface area (Å²) >= 11 is 0. The molecule has 5 heteroatoms. The molecule has 0 radical (unpaired) electrons. The van der Waals surface area contributed by atoms with E-state index in [2.05, 4.69) is 9.80 Å². The second-order valence-corrected chi connectivity index (χ2v) is 7.39. The van der Waals surface area contributed by atoms with Crippen LogP contribution >= 0.6 is 0 Å². The van der Waals surface area contributed by atoms with Crippen LogP contribution in [0.1, 0.15) is 23.2 Å². The molecule has 0 saturated carbocycles. The predicted molar refractivity (Wildman–Crippen MR) is 106 cm³/mol. The summed E-state index contributed by atoms with van der Waals surface area (Å²) in [5, 5.41) is 0. The third-order valence-electron chi connectivity index (χ3n) is 5.73. The molecule has 2 aromatic carbocycles. The lowest BCUT2D eigenvalue weighted by Gasteiger charge is -2.44. The van der Waals surface area contributed by atoms with Gasteiger partial charge in [-0.05, 0) is 37.1 Å². The van der Waals surface area contributed by atoms with Gasteiger partial charge in [-0.2, -0.15) is 0 Å². The number of piperazine rings is 1. The topological polar surface area (TPSA) is 26.8 Å². The van der Waals surface area contributed by atoms with Gasteiger partial charge in [-0.25, -0.2) is 4.39 Å². The van der Waals surface area contributed by atoms with Crippen molar-refractivity contribution in [2.45, 2.75) is 18.9 Å². The van der Waals surface area contributed by atoms with Crippen LogP contribution < -0.4 is 4.90 Å². The van der Waals surface area contributed by atoms with Crippen LogP contribution in [-0.4, -0.2) is 61.0 Å². The van der Waals surface area contributed by atoms with E-state index in [1.807, 2.05) is 47.4 Å². The van der Waals surface area contributed by atoms with Crippen molar-refractivity contribution in [2.75, 3.05) is 44.2 Å². The Labute approximate surface area is 160 Å². The number of carbonyl (C=O) groups is 1. The van der Waals surface area contributed by atoms with Gasteiger partial charge in [-0.1, -0.05) is 30.3 Å². The molecule has 2 heterocycles. The number of carbonyl (C=O) groups excluding carboxylic acids is 1. The molecule has 1 amide bonds. The van der Waals surface area contributed by atoms with E-state index in [1.165, 1.54) is 6.07 Å². The average molecular weight is 367 g/mol. The lowest BCUT2D eigenvalue weighted by atomic mass is 10.0. The summed E-state index contributed by atoms with van der Waals surface area (Å²) in [5.74, 6) is -0.0199. The summed E-state index contributed by atoms with van der Waals surface area (Å²) in [5.41, 5.74) is 1.46. The Hall–Kier alpha value is -2.40. The van der Waals surface area contributed by atoms with E-state index >= 15 is 0 Å². The van der Waals surface area contributed by atoms with Gasteiger partial charge in [0.1, 0.15) is 5.82 Å². The van der Waals surface area contributed by atoms with Gasteiger partial charge in [0.2, 0.25) is 0 Å². The van der Waals surface area contributed by atoms with Crippen molar-refractivity contribution in [3.63, 3.8) is 0 Å². The molecule has 27 heavy (non-hydrogen) atoms. The smallest absolute Gasteiger partial charge is 0.253 e. The summed E-state index contributed by atoms with van der Waals surface area (Å²) in [7, 11) is 0. The minimum atomic E-state index is -0.150. The molecule has 2 aromatic rings. The zero-order chi connectivity index (χ0) is 18.6. The van der Waals surface area contributed by atoms with Gasteiger partial charge in [-0.15, -0.1) is 0 Å². The maximum absolute atomic E-state index is 14.0. The Morgan fingerprint density at radius 2 is 1.59 bits per heavy atom. The van der Waals surface area contributed by atoms with Crippen LogP contribution in [0.15, 0.2) is 54.6 Å². The van der Waals surface area contributed by atoms with Gasteiger partial charge in [-0.3, -0.25) is 9.69 Å². The summed E-state index contributed by atoms with van der Waals surface area (Å²) in [4.78, 5) is 19.4. The highest BCUT2D eigenvalue weighted by atomic mass is 19.1. The molecule has 1 unspecified atom stereocenters. The van der Waals surface area contributed by atoms with Crippen molar-refractivity contribution in [1.82, 2.24) is 9.80 Å². The van der Waals surface area contributed by atoms with Crippen LogP contribution in [0.2, 0.25) is 0 Å². The number of nitrogens with zero attached hydrogens (tertiary/aromatic N) is 3. The van der Waals surface area contributed by atoms with Crippen molar-refractivity contribution in [3.8, 4) is 0 Å². The summed E-state index contributed by atoms with van der Waals surface area (Å²) in [6.07, 6.45) is 2.16. The molecule has 0 N–H and O–H groups in total. The van der Waals surface area contributed by atoms with E-state index in [9.17, 15) is 9.18 Å². The number of piperidine rings is 1. The van der Waals surface area contributed by atoms with E-state index in [-0.39, 0.29) is 11.7 Å². The highest BCUT2D eigenvalue weighted by Gasteiger charge is 2.30. The predicted octanol–water partition coefficient (Wildman–Crippen LogP) is 3.25. The second kappa shape index (κ2) is 8.09. The molecule has 1 atom stereocenters. The lowest BCUT2D eigenvalue weighted by Crippen LogP contribution is -2.56. The number of anilines is 1. The molecule has 2 aliphatic heterocycles. The Morgan fingerprint density at radius 3 is 2.33 bits per heavy atom. The van der Waals surface area contributed by atoms with Crippen LogP contribution in [0.4, 0.5) is 10.1 Å². The number of hydrogen-bond acceptors (Lipinski definition) is 3. The average Bonchev–Trinajstić information content (AvgIpc) is 2.74. The van der Waals surface area contributed by atoms with Crippen LogP contribution in [0.25, 0.3) is 0 Å². The Morgan fingerprint density at radius 1 is 0.889 bits per heavy atom. The van der Waals surface area contributed by atoms with Gasteiger partial charge in [0, 0.05) is 50.9 Å². The number of para-hydroxylation sites is 1. The molecule has 142 valence electrons. The van der Waals surface area contributed by atoms with Gasteiger partial charge in [0.15, 0.2) is 0 Å². The number of amides is 1. The van der Waals surface area contributed by atoms with Crippen LogP contribution in [0, 0.1) is 5.82 Å². The molecule has 0 bridgehead atoms. The van der Waals surface area contributed by atoms with Gasteiger partial charge in [0.25, 0.3) is 5.91 Å². The fraction of sp³-hybridized carbons (Fsp3) is 0.409. The highest BCUT2D eigenvalue weighted by molar-refractivity contribution is 5.94. The Kier molecular flexibility index (Phi) is 5.39. The molecule has 2 fully saturated rings. The number of rotatable bonds is 3. The first kappa shape index (κ1) is 18.0. The Bertz CT molecular complexity index is 774. The fourth-order valence-corrected chi connectivity index (χ4v) is 4.24. The summed E-state index contributed by atoms with van der Waals surface area (Å²) in [6.45, 7) is 5.08. The number of halogens is 1. The molecule has 0 aliphatic carbocycles. The maximum atomic E-state index is 14.0. The first-order valence-corrected chi connectivity index (χ1v) is 9.80. The molecule has 2 saturated heterocycles. The minimum absolute atomic E-state index is 0.130. The van der Waals surface area contributed by atoms with Crippen molar-refractivity contribution < 1.29 is 9.18 Å². The minimum Gasteiger partial charge on any atom is -0.367 e. The van der Waals surface area contributed by atoms with E-state index < -0.39 is 0 Å². The van der Waals surface area contributed by atoms with Crippen LogP contribution in [-0.2, 0) is 0 Å². The first-order chi connectivity index (χ1) is 13.2. The second-order valence-electron chi connectivity index (χ2n) is 7.39. The largest absolute Gasteiger partial charge is 0.367 e. The van der Waals surface area contributed by atoms with E-state index in [4.69, 9.17) is 0 Å². The van der Waals surface area contributed by atoms with Gasteiger partial charge < -0.3 is 9.80 Å². The highest BCUT2D eigenvalue weighted by Crippen LogP contribution is 2.23. The standard InChI is InChI=1S/C22H26FN3O/c23-20-10-4-5-11-21(20)25-15-13-24(14-16-25)19-9-6-12-26(17-19)22(27)18-7-2-1-3-8-18/h1-5,7-8,10-11,19H,6,9,12-17H2. The van der Waals surface area contributed by atoms with Crippen molar-refractivity contribution in [1.29, 1.82) is 0 Å². The van der Waals surface area contributed by atoms with Crippen LogP contribution in [0.3, 0.4) is 0 Å². The molecule has 2 aliphatic rings. The SMILES string of the molecule is O=C(c1ccccc1)N1CCCC(N2CCN(c3ccccc3F)CC2)C1. The molecule has 4 nitrogen and oxygen atoms in total. The number of benzene rings is 2. The lowest BCUT2D eigenvalue weighted by molar-refractivity contribution is 0.0563. The third kappa shape index (κ3) is 3.98. The molecular formula is C22H26FN3O. The molecule has 4 rings (SSSR count).